The molecule has 1 heterocycles. The Morgan fingerprint density at radius 3 is 2.38 bits per heavy atom. The van der Waals surface area contributed by atoms with Crippen LogP contribution in [0.4, 0.5) is 0 Å². The van der Waals surface area contributed by atoms with Gasteiger partial charge in [-0.15, -0.1) is 0 Å². The Balaban J connectivity index is 0.000000845. The van der Waals surface area contributed by atoms with E-state index in [4.69, 9.17) is 0 Å². The van der Waals surface area contributed by atoms with Crippen molar-refractivity contribution in [3.63, 3.8) is 0 Å². The minimum atomic E-state index is 0. The van der Waals surface area contributed by atoms with Gasteiger partial charge in [0.2, 0.25) is 6.33 Å². The average Bonchev–Trinajstić information content (AvgIpc) is 2.58. The number of imidazole rings is 1. The molecular formula is C9H8Br2N2. The van der Waals surface area contributed by atoms with Crippen molar-refractivity contribution in [2.75, 3.05) is 0 Å². The number of benzene rings is 1. The van der Waals surface area contributed by atoms with E-state index in [1.807, 2.05) is 35.4 Å². The molecule has 13 heavy (non-hydrogen) atoms. The molecule has 0 aliphatic heterocycles. The molecular weight excluding hydrogens is 296 g/mol. The van der Waals surface area contributed by atoms with Gasteiger partial charge in [-0.3, -0.25) is 0 Å². The third kappa shape index (κ3) is 2.42. The molecule has 2 aromatic rings. The van der Waals surface area contributed by atoms with Crippen LogP contribution in [-0.2, 0) is 0 Å². The van der Waals surface area contributed by atoms with Crippen molar-refractivity contribution in [1.29, 1.82) is 0 Å². The molecule has 0 spiro atoms. The summed E-state index contributed by atoms with van der Waals surface area (Å²) in [4.78, 5) is 2.99. The molecule has 0 saturated heterocycles. The molecule has 68 valence electrons. The Kier molecular flexibility index (Phi) is 3.69. The molecule has 2 nitrogen and oxygen atoms in total. The van der Waals surface area contributed by atoms with Gasteiger partial charge < -0.3 is 17.0 Å². The van der Waals surface area contributed by atoms with E-state index in [-0.39, 0.29) is 17.0 Å². The van der Waals surface area contributed by atoms with Crippen molar-refractivity contribution >= 4 is 15.9 Å². The van der Waals surface area contributed by atoms with E-state index in [1.54, 1.807) is 0 Å². The molecule has 0 aliphatic rings. The first-order chi connectivity index (χ1) is 5.86. The molecule has 0 aliphatic carbocycles. The van der Waals surface area contributed by atoms with Crippen LogP contribution in [-0.4, -0.2) is 4.98 Å². The molecule has 1 aromatic carbocycles. The van der Waals surface area contributed by atoms with Crippen molar-refractivity contribution in [3.8, 4) is 5.69 Å². The zero-order valence-electron chi connectivity index (χ0n) is 6.74. The Morgan fingerprint density at radius 1 is 1.15 bits per heavy atom. The largest absolute Gasteiger partial charge is 1.00 e. The molecule has 1 N–H and O–H groups in total. The lowest BCUT2D eigenvalue weighted by atomic mass is 10.3. The maximum absolute atomic E-state index is 3.39. The summed E-state index contributed by atoms with van der Waals surface area (Å²) in [5.41, 5.74) is 1.15. The van der Waals surface area contributed by atoms with E-state index >= 15 is 0 Å². The van der Waals surface area contributed by atoms with Gasteiger partial charge in [-0.05, 0) is 24.3 Å². The van der Waals surface area contributed by atoms with E-state index in [9.17, 15) is 0 Å². The molecule has 0 amide bonds. The highest BCUT2D eigenvalue weighted by molar-refractivity contribution is 9.10. The summed E-state index contributed by atoms with van der Waals surface area (Å²) in [5.74, 6) is 0. The van der Waals surface area contributed by atoms with Crippen molar-refractivity contribution in [2.45, 2.75) is 0 Å². The number of aromatic nitrogens is 2. The minimum Gasteiger partial charge on any atom is -1.00 e. The normalized spacial score (nSPS) is 9.31. The first-order valence-corrected chi connectivity index (χ1v) is 4.45. The van der Waals surface area contributed by atoms with Gasteiger partial charge in [0.1, 0.15) is 18.1 Å². The number of halogens is 2. The predicted molar refractivity (Wildman–Crippen MR) is 50.0 cm³/mol. The second kappa shape index (κ2) is 4.58. The van der Waals surface area contributed by atoms with Crippen LogP contribution >= 0.6 is 15.9 Å². The Hall–Kier alpha value is -0.610. The molecule has 0 saturated carbocycles. The molecule has 2 rings (SSSR count). The van der Waals surface area contributed by atoms with Gasteiger partial charge in [0.25, 0.3) is 0 Å². The molecule has 0 bridgehead atoms. The van der Waals surface area contributed by atoms with Gasteiger partial charge in [0.15, 0.2) is 0 Å². The van der Waals surface area contributed by atoms with E-state index in [1.165, 1.54) is 0 Å². The highest BCUT2D eigenvalue weighted by atomic mass is 79.9. The third-order valence-corrected chi connectivity index (χ3v) is 2.20. The summed E-state index contributed by atoms with van der Waals surface area (Å²) < 4.78 is 3.12. The summed E-state index contributed by atoms with van der Waals surface area (Å²) in [6.07, 6.45) is 5.77. The van der Waals surface area contributed by atoms with E-state index in [0.717, 1.165) is 10.2 Å². The fourth-order valence-electron chi connectivity index (χ4n) is 1.06. The molecule has 0 unspecified atom stereocenters. The summed E-state index contributed by atoms with van der Waals surface area (Å²) in [6.45, 7) is 0. The fraction of sp³-hybridized carbons (Fsp3) is 0. The maximum atomic E-state index is 3.39. The quantitative estimate of drug-likeness (QED) is 0.656. The van der Waals surface area contributed by atoms with E-state index in [2.05, 4.69) is 33.0 Å². The molecule has 0 atom stereocenters. The lowest BCUT2D eigenvalue weighted by Gasteiger charge is -1.93. The van der Waals surface area contributed by atoms with Gasteiger partial charge in [0.05, 0.1) is 0 Å². The van der Waals surface area contributed by atoms with Gasteiger partial charge in [-0.25, -0.2) is 9.55 Å². The SMILES string of the molecule is Brc1ccc(-[n+]2cc[nH]c2)cc1.[Br-]. The van der Waals surface area contributed by atoms with Crippen molar-refractivity contribution in [1.82, 2.24) is 4.98 Å². The predicted octanol–water partition coefficient (Wildman–Crippen LogP) is -0.942. The number of hydrogen-bond acceptors (Lipinski definition) is 0. The number of nitrogens with one attached hydrogen (secondary N) is 1. The zero-order chi connectivity index (χ0) is 8.39. The van der Waals surface area contributed by atoms with Crippen molar-refractivity contribution in [2.24, 2.45) is 0 Å². The number of H-pyrrole nitrogens is 1. The second-order valence-corrected chi connectivity index (χ2v) is 3.41. The monoisotopic (exact) mass is 302 g/mol. The first kappa shape index (κ1) is 10.5. The van der Waals surface area contributed by atoms with Crippen LogP contribution in [0.5, 0.6) is 0 Å². The fourth-order valence-corrected chi connectivity index (χ4v) is 1.33. The van der Waals surface area contributed by atoms with Crippen LogP contribution in [0.2, 0.25) is 0 Å². The van der Waals surface area contributed by atoms with Gasteiger partial charge in [-0.2, -0.15) is 0 Å². The van der Waals surface area contributed by atoms with Gasteiger partial charge in [0, 0.05) is 4.47 Å². The maximum Gasteiger partial charge on any atom is 0.246 e. The van der Waals surface area contributed by atoms with Crippen molar-refractivity contribution in [3.05, 3.63) is 47.5 Å². The number of rotatable bonds is 1. The number of nitrogens with zero attached hydrogens (tertiary/aromatic N) is 1. The third-order valence-electron chi connectivity index (χ3n) is 1.67. The number of hydrogen-bond donors (Lipinski definition) is 1. The summed E-state index contributed by atoms with van der Waals surface area (Å²) >= 11 is 3.39. The summed E-state index contributed by atoms with van der Waals surface area (Å²) in [5, 5.41) is 0. The number of aromatic amines is 1. The molecule has 4 heteroatoms. The van der Waals surface area contributed by atoms with E-state index in [0.29, 0.717) is 0 Å². The Labute approximate surface area is 95.5 Å². The van der Waals surface area contributed by atoms with Crippen LogP contribution in [0, 0.1) is 0 Å². The van der Waals surface area contributed by atoms with Crippen LogP contribution in [0.1, 0.15) is 0 Å². The Bertz CT molecular complexity index is 354. The minimum absolute atomic E-state index is 0. The van der Waals surface area contributed by atoms with E-state index < -0.39 is 0 Å². The smallest absolute Gasteiger partial charge is 0.246 e. The molecule has 1 aromatic heterocycles. The summed E-state index contributed by atoms with van der Waals surface area (Å²) in [7, 11) is 0. The lowest BCUT2D eigenvalue weighted by molar-refractivity contribution is -0.594. The van der Waals surface area contributed by atoms with Crippen LogP contribution in [0.3, 0.4) is 0 Å². The van der Waals surface area contributed by atoms with Crippen LogP contribution < -0.4 is 21.5 Å². The van der Waals surface area contributed by atoms with Crippen LogP contribution in [0.25, 0.3) is 5.69 Å². The standard InChI is InChI=1S/C9H7BrN2.BrH/c10-8-1-3-9(4-2-8)12-6-5-11-7-12;/h1-7H;1H. The molecule has 0 fully saturated rings. The van der Waals surface area contributed by atoms with Crippen LogP contribution in [0.15, 0.2) is 47.5 Å². The highest BCUT2D eigenvalue weighted by Crippen LogP contribution is 2.09. The first-order valence-electron chi connectivity index (χ1n) is 3.66. The zero-order valence-corrected chi connectivity index (χ0v) is 9.92. The van der Waals surface area contributed by atoms with Gasteiger partial charge in [-0.1, -0.05) is 15.9 Å². The average molecular weight is 304 g/mol. The highest BCUT2D eigenvalue weighted by Gasteiger charge is 1.99. The van der Waals surface area contributed by atoms with Crippen molar-refractivity contribution < 1.29 is 21.5 Å². The lowest BCUT2D eigenvalue weighted by Crippen LogP contribution is -3.00. The Morgan fingerprint density at radius 2 is 1.85 bits per heavy atom. The topological polar surface area (TPSA) is 19.7 Å². The molecule has 0 radical (unpaired) electrons. The van der Waals surface area contributed by atoms with Gasteiger partial charge >= 0.3 is 0 Å². The summed E-state index contributed by atoms with van der Waals surface area (Å²) in [6, 6.07) is 8.15. The second-order valence-electron chi connectivity index (χ2n) is 2.50.